The monoisotopic (exact) mass is 546 g/mol. The van der Waals surface area contributed by atoms with Crippen molar-refractivity contribution in [1.82, 2.24) is 4.57 Å². The number of carbonyl (C=O) groups excluding carboxylic acids is 2. The number of allylic oxidation sites excluding steroid dienone is 1. The number of ether oxygens (including phenoxy) is 3. The molecule has 0 amide bonds. The maximum Gasteiger partial charge on any atom is 0.338 e. The van der Waals surface area contributed by atoms with Gasteiger partial charge in [0.2, 0.25) is 0 Å². The zero-order valence-corrected chi connectivity index (χ0v) is 22.0. The first-order chi connectivity index (χ1) is 17.2. The fraction of sp³-hybridized carbons (Fsp3) is 0.200. The number of methoxy groups -OCH3 is 2. The molecule has 36 heavy (non-hydrogen) atoms. The highest BCUT2D eigenvalue weighted by Gasteiger charge is 2.33. The Hall–Kier alpha value is -3.40. The third-order valence-corrected chi connectivity index (χ3v) is 7.10. The number of benzene rings is 2. The molecular formula is C25H20Cl2N2O6S. The van der Waals surface area contributed by atoms with Crippen molar-refractivity contribution >= 4 is 52.6 Å². The standard InChI is InChI=1S/C25H20Cl2N2O6S/c1-12-21(24(32)34-4)22(14-8-9-18(35-13(2)30)19(10-14)33-3)29-23(31)20(36-25(29)28-12)11-15-16(26)6-5-7-17(15)27/h5-11,22H,1-4H3/b20-11+/t22-/m1/s1. The highest BCUT2D eigenvalue weighted by molar-refractivity contribution is 7.07. The second-order valence-electron chi connectivity index (χ2n) is 7.71. The van der Waals surface area contributed by atoms with Gasteiger partial charge >= 0.3 is 11.9 Å². The van der Waals surface area contributed by atoms with Crippen molar-refractivity contribution in [2.75, 3.05) is 14.2 Å². The number of hydrogen-bond acceptors (Lipinski definition) is 8. The van der Waals surface area contributed by atoms with Crippen molar-refractivity contribution in [3.8, 4) is 11.5 Å². The van der Waals surface area contributed by atoms with Gasteiger partial charge in [0.05, 0.1) is 36.1 Å². The molecule has 0 N–H and O–H groups in total. The number of carbonyl (C=O) groups is 2. The van der Waals surface area contributed by atoms with Crippen LogP contribution in [-0.2, 0) is 14.3 Å². The number of rotatable bonds is 5. The van der Waals surface area contributed by atoms with Crippen molar-refractivity contribution in [1.29, 1.82) is 0 Å². The summed E-state index contributed by atoms with van der Waals surface area (Å²) in [6, 6.07) is 8.98. The van der Waals surface area contributed by atoms with Crippen LogP contribution in [0.25, 0.3) is 6.08 Å². The molecule has 1 aromatic heterocycles. The maximum atomic E-state index is 13.7. The Labute approximate surface area is 219 Å². The predicted molar refractivity (Wildman–Crippen MR) is 137 cm³/mol. The summed E-state index contributed by atoms with van der Waals surface area (Å²) in [5.41, 5.74) is 1.23. The number of nitrogens with zero attached hydrogens (tertiary/aromatic N) is 2. The summed E-state index contributed by atoms with van der Waals surface area (Å²) in [4.78, 5) is 42.9. The van der Waals surface area contributed by atoms with Crippen LogP contribution in [0, 0.1) is 0 Å². The number of fused-ring (bicyclic) bond motifs is 1. The molecule has 0 bridgehead atoms. The van der Waals surface area contributed by atoms with E-state index in [0.717, 1.165) is 11.3 Å². The van der Waals surface area contributed by atoms with Crippen LogP contribution in [0.2, 0.25) is 10.0 Å². The van der Waals surface area contributed by atoms with Crippen LogP contribution in [0.5, 0.6) is 11.5 Å². The summed E-state index contributed by atoms with van der Waals surface area (Å²) in [5, 5.41) is 0.782. The van der Waals surface area contributed by atoms with Gasteiger partial charge in [-0.2, -0.15) is 0 Å². The molecule has 1 atom stereocenters. The zero-order chi connectivity index (χ0) is 26.1. The van der Waals surface area contributed by atoms with Crippen molar-refractivity contribution in [3.63, 3.8) is 0 Å². The molecule has 186 valence electrons. The molecule has 4 rings (SSSR count). The fourth-order valence-corrected chi connectivity index (χ4v) is 5.42. The summed E-state index contributed by atoms with van der Waals surface area (Å²) in [5.74, 6) is -0.688. The Bertz CT molecular complexity index is 1590. The van der Waals surface area contributed by atoms with E-state index in [1.54, 1.807) is 49.4 Å². The minimum Gasteiger partial charge on any atom is -0.493 e. The van der Waals surface area contributed by atoms with Gasteiger partial charge in [0.15, 0.2) is 16.3 Å². The van der Waals surface area contributed by atoms with Gasteiger partial charge in [-0.05, 0) is 42.8 Å². The number of esters is 2. The number of aromatic nitrogens is 1. The zero-order valence-electron chi connectivity index (χ0n) is 19.6. The lowest BCUT2D eigenvalue weighted by Gasteiger charge is -2.25. The van der Waals surface area contributed by atoms with Crippen molar-refractivity contribution in [2.45, 2.75) is 19.9 Å². The first-order valence-corrected chi connectivity index (χ1v) is 12.1. The van der Waals surface area contributed by atoms with Gasteiger partial charge in [0.25, 0.3) is 5.56 Å². The summed E-state index contributed by atoms with van der Waals surface area (Å²) in [7, 11) is 2.68. The van der Waals surface area contributed by atoms with Crippen LogP contribution >= 0.6 is 34.5 Å². The SMILES string of the molecule is COC(=O)C1=C(C)N=c2s/c(=C/c3c(Cl)cccc3Cl)c(=O)n2[C@@H]1c1ccc(OC(C)=O)c(OC)c1. The summed E-state index contributed by atoms with van der Waals surface area (Å²) in [6.45, 7) is 2.95. The topological polar surface area (TPSA) is 96.2 Å². The van der Waals surface area contributed by atoms with E-state index >= 15 is 0 Å². The molecular weight excluding hydrogens is 527 g/mol. The largest absolute Gasteiger partial charge is 0.493 e. The molecule has 0 aliphatic carbocycles. The summed E-state index contributed by atoms with van der Waals surface area (Å²) in [6.07, 6.45) is 1.60. The number of hydrogen-bond donors (Lipinski definition) is 0. The van der Waals surface area contributed by atoms with Crippen LogP contribution < -0.4 is 24.4 Å². The fourth-order valence-electron chi connectivity index (χ4n) is 3.88. The third-order valence-electron chi connectivity index (χ3n) is 5.46. The normalized spacial score (nSPS) is 15.3. The minimum absolute atomic E-state index is 0.189. The van der Waals surface area contributed by atoms with Crippen LogP contribution in [0.3, 0.4) is 0 Å². The van der Waals surface area contributed by atoms with Gasteiger partial charge in [-0.1, -0.05) is 46.7 Å². The molecule has 1 aliphatic rings. The molecule has 2 heterocycles. The minimum atomic E-state index is -0.877. The molecule has 0 saturated carbocycles. The van der Waals surface area contributed by atoms with E-state index in [0.29, 0.717) is 36.2 Å². The molecule has 2 aromatic carbocycles. The van der Waals surface area contributed by atoms with Crippen molar-refractivity contribution < 1.29 is 23.8 Å². The highest BCUT2D eigenvalue weighted by atomic mass is 35.5. The van der Waals surface area contributed by atoms with Crippen LogP contribution in [0.15, 0.2) is 57.5 Å². The molecule has 1 aliphatic heterocycles. The van der Waals surface area contributed by atoms with E-state index in [9.17, 15) is 14.4 Å². The molecule has 8 nitrogen and oxygen atoms in total. The molecule has 0 spiro atoms. The van der Waals surface area contributed by atoms with Crippen molar-refractivity contribution in [2.24, 2.45) is 4.99 Å². The molecule has 11 heteroatoms. The lowest BCUT2D eigenvalue weighted by molar-refractivity contribution is -0.136. The molecule has 3 aromatic rings. The van der Waals surface area contributed by atoms with Crippen molar-refractivity contribution in [3.05, 3.63) is 88.5 Å². The maximum absolute atomic E-state index is 13.7. The quantitative estimate of drug-likeness (QED) is 0.358. The lowest BCUT2D eigenvalue weighted by Crippen LogP contribution is -2.39. The highest BCUT2D eigenvalue weighted by Crippen LogP contribution is 2.36. The first kappa shape index (κ1) is 25.7. The number of halogens is 2. The van der Waals surface area contributed by atoms with E-state index in [-0.39, 0.29) is 17.1 Å². The Kier molecular flexibility index (Phi) is 7.35. The smallest absolute Gasteiger partial charge is 0.338 e. The van der Waals surface area contributed by atoms with Gasteiger partial charge in [0.1, 0.15) is 0 Å². The van der Waals surface area contributed by atoms with E-state index in [1.165, 1.54) is 25.7 Å². The molecule has 0 fully saturated rings. The third kappa shape index (κ3) is 4.69. The van der Waals surface area contributed by atoms with Gasteiger partial charge in [0, 0.05) is 22.5 Å². The second-order valence-corrected chi connectivity index (χ2v) is 9.54. The Morgan fingerprint density at radius 3 is 2.42 bits per heavy atom. The van der Waals surface area contributed by atoms with Crippen LogP contribution in [-0.4, -0.2) is 30.7 Å². The van der Waals surface area contributed by atoms with E-state index in [2.05, 4.69) is 4.99 Å². The molecule has 0 radical (unpaired) electrons. The average molecular weight is 547 g/mol. The number of thiazole rings is 1. The molecule has 0 saturated heterocycles. The second kappa shape index (κ2) is 10.3. The average Bonchev–Trinajstić information content (AvgIpc) is 3.14. The Balaban J connectivity index is 1.99. The molecule has 0 unspecified atom stereocenters. The lowest BCUT2D eigenvalue weighted by atomic mass is 9.95. The van der Waals surface area contributed by atoms with Gasteiger partial charge in [-0.3, -0.25) is 14.2 Å². The van der Waals surface area contributed by atoms with Gasteiger partial charge in [-0.15, -0.1) is 0 Å². The van der Waals surface area contributed by atoms with E-state index in [4.69, 9.17) is 37.4 Å². The van der Waals surface area contributed by atoms with Gasteiger partial charge < -0.3 is 14.2 Å². The van der Waals surface area contributed by atoms with E-state index < -0.39 is 23.5 Å². The summed E-state index contributed by atoms with van der Waals surface area (Å²) < 4.78 is 17.4. The Morgan fingerprint density at radius 2 is 1.81 bits per heavy atom. The van der Waals surface area contributed by atoms with Gasteiger partial charge in [-0.25, -0.2) is 9.79 Å². The van der Waals surface area contributed by atoms with E-state index in [1.807, 2.05) is 0 Å². The Morgan fingerprint density at radius 1 is 1.11 bits per heavy atom. The first-order valence-electron chi connectivity index (χ1n) is 10.6. The predicted octanol–water partition coefficient (Wildman–Crippen LogP) is 3.65. The summed E-state index contributed by atoms with van der Waals surface area (Å²) >= 11 is 13.8. The van der Waals surface area contributed by atoms with Crippen LogP contribution in [0.4, 0.5) is 0 Å². The van der Waals surface area contributed by atoms with Crippen LogP contribution in [0.1, 0.15) is 31.0 Å².